The highest BCUT2D eigenvalue weighted by Crippen LogP contribution is 2.21. The van der Waals surface area contributed by atoms with Gasteiger partial charge in [-0.2, -0.15) is 0 Å². The molecule has 4 aromatic rings. The van der Waals surface area contributed by atoms with Crippen LogP contribution in [-0.2, 0) is 6.42 Å². The van der Waals surface area contributed by atoms with Gasteiger partial charge in [0.1, 0.15) is 5.82 Å². The molecule has 0 radical (unpaired) electrons. The molecule has 3 heteroatoms. The van der Waals surface area contributed by atoms with Crippen molar-refractivity contribution in [3.8, 4) is 0 Å². The molecule has 0 saturated carbocycles. The first-order valence-corrected chi connectivity index (χ1v) is 9.16. The van der Waals surface area contributed by atoms with Crippen LogP contribution in [0.5, 0.6) is 0 Å². The molecule has 0 unspecified atom stereocenters. The second kappa shape index (κ2) is 8.28. The van der Waals surface area contributed by atoms with E-state index in [1.165, 1.54) is 5.56 Å². The Labute approximate surface area is 159 Å². The summed E-state index contributed by atoms with van der Waals surface area (Å²) in [6, 6.07) is 28.8. The van der Waals surface area contributed by atoms with Crippen molar-refractivity contribution in [3.05, 3.63) is 102 Å². The van der Waals surface area contributed by atoms with E-state index in [0.29, 0.717) is 5.82 Å². The number of nitrogens with one attached hydrogen (secondary N) is 1. The maximum absolute atomic E-state index is 4.74. The molecule has 4 rings (SSSR count). The summed E-state index contributed by atoms with van der Waals surface area (Å²) in [5.74, 6) is 1.59. The van der Waals surface area contributed by atoms with E-state index in [-0.39, 0.29) is 0 Å². The maximum Gasteiger partial charge on any atom is 0.154 e. The van der Waals surface area contributed by atoms with Crippen LogP contribution in [0.2, 0.25) is 0 Å². The number of hydrogen-bond acceptors (Lipinski definition) is 3. The summed E-state index contributed by atoms with van der Waals surface area (Å²) < 4.78 is 0. The monoisotopic (exact) mass is 351 g/mol. The van der Waals surface area contributed by atoms with Gasteiger partial charge in [-0.05, 0) is 35.8 Å². The molecule has 0 fully saturated rings. The number of hydrogen-bond donors (Lipinski definition) is 1. The van der Waals surface area contributed by atoms with Gasteiger partial charge in [0, 0.05) is 11.9 Å². The Hall–Kier alpha value is -3.46. The molecule has 0 spiro atoms. The van der Waals surface area contributed by atoms with E-state index in [0.717, 1.165) is 35.2 Å². The van der Waals surface area contributed by atoms with Crippen LogP contribution in [0.15, 0.2) is 84.9 Å². The lowest BCUT2D eigenvalue weighted by Crippen LogP contribution is -2.08. The molecule has 0 aliphatic carbocycles. The number of rotatable bonds is 6. The van der Waals surface area contributed by atoms with Crippen molar-refractivity contribution in [2.75, 3.05) is 11.9 Å². The van der Waals surface area contributed by atoms with Crippen LogP contribution in [-0.4, -0.2) is 16.5 Å². The number of anilines is 1. The minimum Gasteiger partial charge on any atom is -0.369 e. The zero-order valence-corrected chi connectivity index (χ0v) is 15.0. The van der Waals surface area contributed by atoms with E-state index in [9.17, 15) is 0 Å². The third kappa shape index (κ3) is 4.39. The third-order valence-electron chi connectivity index (χ3n) is 4.39. The molecule has 132 valence electrons. The number of aromatic nitrogens is 2. The minimum absolute atomic E-state index is 0.708. The van der Waals surface area contributed by atoms with E-state index in [1.54, 1.807) is 0 Å². The van der Waals surface area contributed by atoms with E-state index < -0.39 is 0 Å². The van der Waals surface area contributed by atoms with Crippen LogP contribution in [0, 0.1) is 0 Å². The summed E-state index contributed by atoms with van der Waals surface area (Å²) in [7, 11) is 0. The van der Waals surface area contributed by atoms with Crippen molar-refractivity contribution in [2.24, 2.45) is 0 Å². The Morgan fingerprint density at radius 1 is 0.704 bits per heavy atom. The average molecular weight is 351 g/mol. The molecular weight excluding hydrogens is 330 g/mol. The Kier molecular flexibility index (Phi) is 5.21. The van der Waals surface area contributed by atoms with Crippen molar-refractivity contribution >= 4 is 28.9 Å². The van der Waals surface area contributed by atoms with Gasteiger partial charge in [-0.1, -0.05) is 78.9 Å². The van der Waals surface area contributed by atoms with Crippen molar-refractivity contribution in [1.82, 2.24) is 9.97 Å². The lowest BCUT2D eigenvalue weighted by molar-refractivity contribution is 1.00. The summed E-state index contributed by atoms with van der Waals surface area (Å²) in [4.78, 5) is 9.42. The fourth-order valence-electron chi connectivity index (χ4n) is 3.01. The van der Waals surface area contributed by atoms with Crippen molar-refractivity contribution in [2.45, 2.75) is 6.42 Å². The van der Waals surface area contributed by atoms with Crippen LogP contribution in [0.4, 0.5) is 5.82 Å². The summed E-state index contributed by atoms with van der Waals surface area (Å²) >= 11 is 0. The Balaban J connectivity index is 1.57. The fourth-order valence-corrected chi connectivity index (χ4v) is 3.01. The molecule has 3 nitrogen and oxygen atoms in total. The average Bonchev–Trinajstić information content (AvgIpc) is 2.74. The van der Waals surface area contributed by atoms with Gasteiger partial charge in [-0.3, -0.25) is 0 Å². The maximum atomic E-state index is 4.74. The van der Waals surface area contributed by atoms with Crippen LogP contribution in [0.25, 0.3) is 23.1 Å². The zero-order valence-electron chi connectivity index (χ0n) is 15.0. The summed E-state index contributed by atoms with van der Waals surface area (Å²) in [5, 5.41) is 4.53. The van der Waals surface area contributed by atoms with Gasteiger partial charge in [0.15, 0.2) is 5.82 Å². The molecule has 1 N–H and O–H groups in total. The number of fused-ring (bicyclic) bond motifs is 1. The molecule has 27 heavy (non-hydrogen) atoms. The number of para-hydroxylation sites is 1. The second-order valence-electron chi connectivity index (χ2n) is 6.35. The first-order valence-electron chi connectivity index (χ1n) is 9.16. The van der Waals surface area contributed by atoms with E-state index in [2.05, 4.69) is 52.8 Å². The van der Waals surface area contributed by atoms with Gasteiger partial charge < -0.3 is 5.32 Å². The molecular formula is C24H21N3. The highest BCUT2D eigenvalue weighted by atomic mass is 15.0. The van der Waals surface area contributed by atoms with E-state index >= 15 is 0 Å². The van der Waals surface area contributed by atoms with Crippen LogP contribution in [0.1, 0.15) is 17.0 Å². The smallest absolute Gasteiger partial charge is 0.154 e. The van der Waals surface area contributed by atoms with Gasteiger partial charge in [0.05, 0.1) is 5.52 Å². The summed E-state index contributed by atoms with van der Waals surface area (Å²) in [6.07, 6.45) is 4.95. The molecule has 0 amide bonds. The molecule has 1 aromatic heterocycles. The van der Waals surface area contributed by atoms with Gasteiger partial charge in [0.2, 0.25) is 0 Å². The van der Waals surface area contributed by atoms with Crippen LogP contribution < -0.4 is 5.32 Å². The quantitative estimate of drug-likeness (QED) is 0.501. The second-order valence-corrected chi connectivity index (χ2v) is 6.35. The lowest BCUT2D eigenvalue weighted by atomic mass is 10.1. The molecule has 0 aliphatic rings. The minimum atomic E-state index is 0.708. The topological polar surface area (TPSA) is 37.8 Å². The van der Waals surface area contributed by atoms with Crippen molar-refractivity contribution < 1.29 is 0 Å². The highest BCUT2D eigenvalue weighted by Gasteiger charge is 2.05. The Bertz CT molecular complexity index is 1040. The first kappa shape index (κ1) is 17.0. The molecule has 0 aliphatic heterocycles. The first-order chi connectivity index (χ1) is 13.4. The number of benzene rings is 3. The Morgan fingerprint density at radius 2 is 1.41 bits per heavy atom. The standard InChI is InChI=1S/C24H21N3/c1-3-9-19(10-4-1)15-16-23-26-22-14-8-7-13-21(22)24(27-23)25-18-17-20-11-5-2-6-12-20/h1-16H,17-18H2,(H,25,26,27). The van der Waals surface area contributed by atoms with Gasteiger partial charge >= 0.3 is 0 Å². The molecule has 3 aromatic carbocycles. The molecule has 0 bridgehead atoms. The van der Waals surface area contributed by atoms with Crippen molar-refractivity contribution in [3.63, 3.8) is 0 Å². The van der Waals surface area contributed by atoms with Crippen LogP contribution >= 0.6 is 0 Å². The Morgan fingerprint density at radius 3 is 2.22 bits per heavy atom. The number of nitrogens with zero attached hydrogens (tertiary/aromatic N) is 2. The summed E-state index contributed by atoms with van der Waals surface area (Å²) in [6.45, 7) is 0.826. The predicted octanol–water partition coefficient (Wildman–Crippen LogP) is 5.45. The SMILES string of the molecule is C(=Cc1nc(NCCc2ccccc2)c2ccccc2n1)c1ccccc1. The third-order valence-corrected chi connectivity index (χ3v) is 4.39. The highest BCUT2D eigenvalue weighted by molar-refractivity contribution is 5.90. The van der Waals surface area contributed by atoms with Gasteiger partial charge in [-0.15, -0.1) is 0 Å². The normalized spacial score (nSPS) is 11.1. The van der Waals surface area contributed by atoms with Gasteiger partial charge in [-0.25, -0.2) is 9.97 Å². The molecule has 0 atom stereocenters. The van der Waals surface area contributed by atoms with Gasteiger partial charge in [0.25, 0.3) is 0 Å². The van der Waals surface area contributed by atoms with Crippen LogP contribution in [0.3, 0.4) is 0 Å². The fraction of sp³-hybridized carbons (Fsp3) is 0.0833. The van der Waals surface area contributed by atoms with Crippen molar-refractivity contribution in [1.29, 1.82) is 0 Å². The predicted molar refractivity (Wildman–Crippen MR) is 114 cm³/mol. The zero-order chi connectivity index (χ0) is 18.3. The largest absolute Gasteiger partial charge is 0.369 e. The molecule has 0 saturated heterocycles. The van der Waals surface area contributed by atoms with E-state index in [1.807, 2.05) is 54.6 Å². The lowest BCUT2D eigenvalue weighted by Gasteiger charge is -2.10. The van der Waals surface area contributed by atoms with E-state index in [4.69, 9.17) is 4.98 Å². The summed E-state index contributed by atoms with van der Waals surface area (Å²) in [5.41, 5.74) is 3.39. The molecule has 1 heterocycles.